The maximum atomic E-state index is 6.89. The Morgan fingerprint density at radius 1 is 0.543 bits per heavy atom. The third-order valence-corrected chi connectivity index (χ3v) is 8.34. The molecule has 0 fully saturated rings. The summed E-state index contributed by atoms with van der Waals surface area (Å²) < 4.78 is 2.31. The van der Waals surface area contributed by atoms with E-state index in [1.165, 1.54) is 16.6 Å². The highest BCUT2D eigenvalue weighted by atomic mass is 15.2. The van der Waals surface area contributed by atoms with Gasteiger partial charge in [0.25, 0.3) is 0 Å². The Kier molecular flexibility index (Phi) is 7.84. The van der Waals surface area contributed by atoms with Crippen molar-refractivity contribution in [2.75, 3.05) is 15.5 Å². The van der Waals surface area contributed by atoms with Crippen molar-refractivity contribution < 1.29 is 0 Å². The number of hydrogen-bond donors (Lipinski definition) is 1. The van der Waals surface area contributed by atoms with Gasteiger partial charge in [-0.3, -0.25) is 0 Å². The van der Waals surface area contributed by atoms with Crippen LogP contribution in [-0.4, -0.2) is 4.57 Å². The van der Waals surface area contributed by atoms with Crippen LogP contribution in [0.4, 0.5) is 39.8 Å². The van der Waals surface area contributed by atoms with Crippen molar-refractivity contribution >= 4 is 56.8 Å². The summed E-state index contributed by atoms with van der Waals surface area (Å²) in [4.78, 5) is 4.53. The minimum Gasteiger partial charge on any atom is -0.397 e. The summed E-state index contributed by atoms with van der Waals surface area (Å²) in [7, 11) is 0. The zero-order chi connectivity index (χ0) is 31.5. The summed E-state index contributed by atoms with van der Waals surface area (Å²) in [6, 6.07) is 55.3. The highest BCUT2D eigenvalue weighted by Gasteiger charge is 2.19. The average Bonchev–Trinajstić information content (AvgIpc) is 3.43. The van der Waals surface area contributed by atoms with E-state index in [2.05, 4.69) is 173 Å². The van der Waals surface area contributed by atoms with Gasteiger partial charge in [-0.1, -0.05) is 78.9 Å². The highest BCUT2D eigenvalue weighted by molar-refractivity contribution is 5.93. The smallest absolute Gasteiger partial charge is 0.0697 e. The topological polar surface area (TPSA) is 37.4 Å². The van der Waals surface area contributed by atoms with E-state index in [0.717, 1.165) is 51.1 Å². The van der Waals surface area contributed by atoms with Gasteiger partial charge in [-0.2, -0.15) is 0 Å². The van der Waals surface area contributed by atoms with E-state index in [1.807, 2.05) is 25.1 Å². The van der Waals surface area contributed by atoms with Crippen LogP contribution in [0.15, 0.2) is 164 Å². The average molecular weight is 597 g/mol. The first-order valence-corrected chi connectivity index (χ1v) is 15.6. The van der Waals surface area contributed by atoms with Gasteiger partial charge in [0.2, 0.25) is 0 Å². The lowest BCUT2D eigenvalue weighted by Gasteiger charge is -2.29. The number of aryl methyl sites for hydroxylation is 1. The van der Waals surface area contributed by atoms with Gasteiger partial charge in [0.15, 0.2) is 0 Å². The van der Waals surface area contributed by atoms with E-state index in [0.29, 0.717) is 0 Å². The molecule has 0 saturated carbocycles. The van der Waals surface area contributed by atoms with Gasteiger partial charge >= 0.3 is 0 Å². The second-order valence-corrected chi connectivity index (χ2v) is 11.3. The van der Waals surface area contributed by atoms with Gasteiger partial charge in [0, 0.05) is 45.2 Å². The van der Waals surface area contributed by atoms with Crippen LogP contribution >= 0.6 is 0 Å². The van der Waals surface area contributed by atoms with Gasteiger partial charge < -0.3 is 20.1 Å². The number of hydrogen-bond acceptors (Lipinski definition) is 3. The molecule has 6 aromatic carbocycles. The monoisotopic (exact) mass is 596 g/mol. The van der Waals surface area contributed by atoms with Crippen molar-refractivity contribution in [1.82, 2.24) is 4.57 Å². The van der Waals surface area contributed by atoms with E-state index in [4.69, 9.17) is 5.73 Å². The van der Waals surface area contributed by atoms with Crippen LogP contribution in [0.1, 0.15) is 18.2 Å². The molecule has 0 unspecified atom stereocenters. The Hall–Kier alpha value is -6.00. The van der Waals surface area contributed by atoms with Crippen LogP contribution in [0.25, 0.3) is 22.7 Å². The number of nitrogens with zero attached hydrogens (tertiary/aromatic N) is 3. The van der Waals surface area contributed by atoms with E-state index in [1.54, 1.807) is 0 Å². The van der Waals surface area contributed by atoms with E-state index >= 15 is 0 Å². The standard InChI is InChI=1S/C42H36N4/c1-3-14-32-15-13-22-41(42(32)43)46(39-27-28-40-33(30-39)29-31(2)44(40)34-16-7-4-8-17-34)38-25-23-37(24-26-38)45(35-18-9-5-10-19-35)36-20-11-6-12-21-36/h3-30H,43H2,1-2H3/b14-3-. The van der Waals surface area contributed by atoms with E-state index in [9.17, 15) is 0 Å². The Bertz CT molecular complexity index is 2070. The molecule has 0 aliphatic carbocycles. The SMILES string of the molecule is C/C=C\c1cccc(N(c2ccc(N(c3ccccc3)c3ccccc3)cc2)c2ccc3c(c2)cc(C)n3-c2ccccc2)c1N. The molecule has 1 heterocycles. The summed E-state index contributed by atoms with van der Waals surface area (Å²) in [5.41, 5.74) is 18.4. The quantitative estimate of drug-likeness (QED) is 0.177. The first-order chi connectivity index (χ1) is 22.6. The maximum Gasteiger partial charge on any atom is 0.0697 e. The second kappa shape index (κ2) is 12.5. The zero-order valence-electron chi connectivity index (χ0n) is 26.1. The van der Waals surface area contributed by atoms with Crippen molar-refractivity contribution in [3.8, 4) is 5.69 Å². The lowest BCUT2D eigenvalue weighted by molar-refractivity contribution is 1.05. The number of nitrogens with two attached hydrogens (primary N) is 1. The van der Waals surface area contributed by atoms with Gasteiger partial charge in [0.1, 0.15) is 0 Å². The fourth-order valence-electron chi connectivity index (χ4n) is 6.27. The Labute approximate surface area is 270 Å². The number of para-hydroxylation sites is 4. The van der Waals surface area contributed by atoms with Crippen LogP contribution in [0.3, 0.4) is 0 Å². The van der Waals surface area contributed by atoms with Crippen LogP contribution in [0, 0.1) is 6.92 Å². The highest BCUT2D eigenvalue weighted by Crippen LogP contribution is 2.42. The van der Waals surface area contributed by atoms with Crippen LogP contribution < -0.4 is 15.5 Å². The molecular formula is C42H36N4. The molecule has 0 bridgehead atoms. The number of fused-ring (bicyclic) bond motifs is 1. The zero-order valence-corrected chi connectivity index (χ0v) is 26.1. The first kappa shape index (κ1) is 28.8. The van der Waals surface area contributed by atoms with Crippen molar-refractivity contribution in [2.24, 2.45) is 0 Å². The fourth-order valence-corrected chi connectivity index (χ4v) is 6.27. The Morgan fingerprint density at radius 2 is 1.09 bits per heavy atom. The lowest BCUT2D eigenvalue weighted by Crippen LogP contribution is -2.13. The van der Waals surface area contributed by atoms with E-state index in [-0.39, 0.29) is 0 Å². The van der Waals surface area contributed by atoms with Crippen molar-refractivity contribution in [3.63, 3.8) is 0 Å². The molecule has 7 aromatic rings. The summed E-state index contributed by atoms with van der Waals surface area (Å²) in [5.74, 6) is 0. The molecule has 0 aliphatic rings. The predicted octanol–water partition coefficient (Wildman–Crippen LogP) is 11.5. The number of aromatic nitrogens is 1. The van der Waals surface area contributed by atoms with Crippen molar-refractivity contribution in [1.29, 1.82) is 0 Å². The normalized spacial score (nSPS) is 11.3. The molecule has 0 atom stereocenters. The molecule has 0 spiro atoms. The molecule has 4 nitrogen and oxygen atoms in total. The second-order valence-electron chi connectivity index (χ2n) is 11.3. The van der Waals surface area contributed by atoms with Gasteiger partial charge in [-0.15, -0.1) is 0 Å². The summed E-state index contributed by atoms with van der Waals surface area (Å²) >= 11 is 0. The number of anilines is 7. The molecule has 2 N–H and O–H groups in total. The molecule has 4 heteroatoms. The fraction of sp³-hybridized carbons (Fsp3) is 0.0476. The molecule has 0 aliphatic heterocycles. The minimum atomic E-state index is 0.734. The largest absolute Gasteiger partial charge is 0.397 e. The van der Waals surface area contributed by atoms with Gasteiger partial charge in [-0.05, 0) is 110 Å². The summed E-state index contributed by atoms with van der Waals surface area (Å²) in [6.45, 7) is 4.18. The van der Waals surface area contributed by atoms with Crippen LogP contribution in [-0.2, 0) is 0 Å². The van der Waals surface area contributed by atoms with Gasteiger partial charge in [-0.25, -0.2) is 0 Å². The molecular weight excluding hydrogens is 560 g/mol. The number of rotatable bonds is 8. The molecule has 7 rings (SSSR count). The number of nitrogen functional groups attached to an aromatic ring is 1. The summed E-state index contributed by atoms with van der Waals surface area (Å²) in [6.07, 6.45) is 4.09. The first-order valence-electron chi connectivity index (χ1n) is 15.6. The van der Waals surface area contributed by atoms with Gasteiger partial charge in [0.05, 0.1) is 16.9 Å². The third kappa shape index (κ3) is 5.42. The number of benzene rings is 6. The minimum absolute atomic E-state index is 0.734. The molecule has 0 saturated heterocycles. The lowest BCUT2D eigenvalue weighted by atomic mass is 10.1. The molecule has 1 aromatic heterocycles. The number of allylic oxidation sites excluding steroid dienone is 1. The molecule has 0 amide bonds. The maximum absolute atomic E-state index is 6.89. The van der Waals surface area contributed by atoms with Crippen molar-refractivity contribution in [3.05, 3.63) is 175 Å². The Morgan fingerprint density at radius 3 is 1.70 bits per heavy atom. The Balaban J connectivity index is 1.36. The molecule has 224 valence electrons. The van der Waals surface area contributed by atoms with E-state index < -0.39 is 0 Å². The van der Waals surface area contributed by atoms with Crippen LogP contribution in [0.5, 0.6) is 0 Å². The summed E-state index contributed by atoms with van der Waals surface area (Å²) in [5, 5.41) is 1.17. The van der Waals surface area contributed by atoms with Crippen molar-refractivity contribution in [2.45, 2.75) is 13.8 Å². The molecule has 46 heavy (non-hydrogen) atoms. The molecule has 0 radical (unpaired) electrons. The third-order valence-electron chi connectivity index (χ3n) is 8.34. The van der Waals surface area contributed by atoms with Crippen LogP contribution in [0.2, 0.25) is 0 Å². The predicted molar refractivity (Wildman–Crippen MR) is 196 cm³/mol.